The van der Waals surface area contributed by atoms with Crippen molar-refractivity contribution in [3.8, 4) is 0 Å². The first-order valence-corrected chi connectivity index (χ1v) is 4.53. The van der Waals surface area contributed by atoms with Gasteiger partial charge in [-0.05, 0) is 31.6 Å². The highest BCUT2D eigenvalue weighted by Gasteiger charge is 2.25. The molecule has 1 fully saturated rings. The van der Waals surface area contributed by atoms with E-state index in [1.165, 1.54) is 7.11 Å². The van der Waals surface area contributed by atoms with Crippen molar-refractivity contribution >= 4 is 12.2 Å². The van der Waals surface area contributed by atoms with E-state index >= 15 is 0 Å². The van der Waals surface area contributed by atoms with Gasteiger partial charge in [-0.25, -0.2) is 0 Å². The van der Waals surface area contributed by atoms with Crippen LogP contribution in [0, 0.1) is 11.8 Å². The van der Waals surface area contributed by atoms with Gasteiger partial charge in [0.1, 0.15) is 0 Å². The lowest BCUT2D eigenvalue weighted by Crippen LogP contribution is -2.23. The molecule has 1 aliphatic rings. The van der Waals surface area contributed by atoms with Gasteiger partial charge in [-0.2, -0.15) is 0 Å². The molecular formula is C9H15NO3. The minimum Gasteiger partial charge on any atom is -0.469 e. The number of rotatable bonds is 2. The van der Waals surface area contributed by atoms with Gasteiger partial charge in [0, 0.05) is 6.21 Å². The summed E-state index contributed by atoms with van der Waals surface area (Å²) >= 11 is 0. The van der Waals surface area contributed by atoms with E-state index in [-0.39, 0.29) is 11.9 Å². The number of ether oxygens (including phenoxy) is 1. The van der Waals surface area contributed by atoms with Crippen molar-refractivity contribution in [2.75, 3.05) is 7.11 Å². The van der Waals surface area contributed by atoms with Gasteiger partial charge < -0.3 is 9.94 Å². The molecule has 0 spiro atoms. The molecule has 0 aromatic carbocycles. The van der Waals surface area contributed by atoms with Crippen LogP contribution in [-0.4, -0.2) is 24.5 Å². The lowest BCUT2D eigenvalue weighted by molar-refractivity contribution is -0.146. The van der Waals surface area contributed by atoms with Gasteiger partial charge in [-0.1, -0.05) is 0 Å². The normalized spacial score (nSPS) is 29.0. The van der Waals surface area contributed by atoms with E-state index < -0.39 is 0 Å². The van der Waals surface area contributed by atoms with Crippen LogP contribution in [-0.2, 0) is 9.53 Å². The molecule has 0 bridgehead atoms. The summed E-state index contributed by atoms with van der Waals surface area (Å²) in [5.74, 6) is 0.263. The summed E-state index contributed by atoms with van der Waals surface area (Å²) in [6, 6.07) is 0. The second-order valence-electron chi connectivity index (χ2n) is 3.40. The van der Waals surface area contributed by atoms with Crippen molar-refractivity contribution < 1.29 is 14.7 Å². The fourth-order valence-corrected chi connectivity index (χ4v) is 1.76. The second kappa shape index (κ2) is 4.84. The summed E-state index contributed by atoms with van der Waals surface area (Å²) in [5.41, 5.74) is 0. The Morgan fingerprint density at radius 2 is 2.08 bits per heavy atom. The standard InChI is InChI=1S/C9H15NO3/c1-13-9(11)8-4-2-7(3-5-8)6-10-12/h6-8,12H,2-5H2,1H3/b10-6+/t7-,8-. The Bertz CT molecular complexity index is 195. The Kier molecular flexibility index (Phi) is 3.73. The van der Waals surface area contributed by atoms with Gasteiger partial charge in [-0.3, -0.25) is 4.79 Å². The number of methoxy groups -OCH3 is 1. The number of esters is 1. The average Bonchev–Trinajstić information content (AvgIpc) is 2.18. The monoisotopic (exact) mass is 185 g/mol. The first-order chi connectivity index (χ1) is 6.27. The fourth-order valence-electron chi connectivity index (χ4n) is 1.76. The summed E-state index contributed by atoms with van der Waals surface area (Å²) in [6.07, 6.45) is 5.04. The highest BCUT2D eigenvalue weighted by molar-refractivity contribution is 5.72. The third-order valence-electron chi connectivity index (χ3n) is 2.58. The molecule has 1 N–H and O–H groups in total. The number of hydrogen-bond donors (Lipinski definition) is 1. The molecule has 1 saturated carbocycles. The average molecular weight is 185 g/mol. The molecule has 4 nitrogen and oxygen atoms in total. The molecule has 0 saturated heterocycles. The molecule has 0 atom stereocenters. The van der Waals surface area contributed by atoms with Gasteiger partial charge in [0.15, 0.2) is 0 Å². The first kappa shape index (κ1) is 10.0. The van der Waals surface area contributed by atoms with Gasteiger partial charge in [0.2, 0.25) is 0 Å². The van der Waals surface area contributed by atoms with Crippen LogP contribution >= 0.6 is 0 Å². The first-order valence-electron chi connectivity index (χ1n) is 4.53. The van der Waals surface area contributed by atoms with Gasteiger partial charge in [0.05, 0.1) is 13.0 Å². The van der Waals surface area contributed by atoms with Crippen LogP contribution in [0.5, 0.6) is 0 Å². The largest absolute Gasteiger partial charge is 0.469 e. The summed E-state index contributed by atoms with van der Waals surface area (Å²) in [5, 5.41) is 11.3. The maximum Gasteiger partial charge on any atom is 0.308 e. The molecule has 0 aromatic rings. The zero-order valence-corrected chi connectivity index (χ0v) is 7.77. The molecule has 0 heterocycles. The summed E-state index contributed by atoms with van der Waals surface area (Å²) in [7, 11) is 1.42. The van der Waals surface area contributed by atoms with E-state index in [1.807, 2.05) is 0 Å². The number of nitrogens with zero attached hydrogens (tertiary/aromatic N) is 1. The summed E-state index contributed by atoms with van der Waals surface area (Å²) < 4.78 is 4.66. The number of oxime groups is 1. The van der Waals surface area contributed by atoms with E-state index in [9.17, 15) is 4.79 Å². The quantitative estimate of drug-likeness (QED) is 0.306. The smallest absolute Gasteiger partial charge is 0.308 e. The van der Waals surface area contributed by atoms with Crippen molar-refractivity contribution in [2.45, 2.75) is 25.7 Å². The van der Waals surface area contributed by atoms with E-state index in [4.69, 9.17) is 5.21 Å². The Morgan fingerprint density at radius 3 is 2.54 bits per heavy atom. The van der Waals surface area contributed by atoms with Crippen molar-refractivity contribution in [1.82, 2.24) is 0 Å². The third kappa shape index (κ3) is 2.72. The minimum absolute atomic E-state index is 0.0494. The Morgan fingerprint density at radius 1 is 1.46 bits per heavy atom. The molecule has 1 aliphatic carbocycles. The molecule has 4 heteroatoms. The van der Waals surface area contributed by atoms with Crippen LogP contribution in [0.25, 0.3) is 0 Å². The maximum absolute atomic E-state index is 11.1. The SMILES string of the molecule is COC(=O)[C@H]1CC[C@H](/C=N/O)CC1. The molecule has 13 heavy (non-hydrogen) atoms. The molecule has 74 valence electrons. The highest BCUT2D eigenvalue weighted by atomic mass is 16.5. The molecule has 0 aliphatic heterocycles. The Labute approximate surface area is 77.6 Å². The topological polar surface area (TPSA) is 58.9 Å². The Hall–Kier alpha value is -1.06. The predicted molar refractivity (Wildman–Crippen MR) is 47.7 cm³/mol. The van der Waals surface area contributed by atoms with Crippen LogP contribution in [0.15, 0.2) is 5.16 Å². The van der Waals surface area contributed by atoms with E-state index in [1.54, 1.807) is 6.21 Å². The third-order valence-corrected chi connectivity index (χ3v) is 2.58. The fraction of sp³-hybridized carbons (Fsp3) is 0.778. The van der Waals surface area contributed by atoms with Crippen LogP contribution in [0.3, 0.4) is 0 Å². The molecule has 0 unspecified atom stereocenters. The molecular weight excluding hydrogens is 170 g/mol. The second-order valence-corrected chi connectivity index (χ2v) is 3.40. The van der Waals surface area contributed by atoms with Crippen LogP contribution in [0.1, 0.15) is 25.7 Å². The molecule has 0 aromatic heterocycles. The van der Waals surface area contributed by atoms with Gasteiger partial charge >= 0.3 is 5.97 Å². The minimum atomic E-state index is -0.112. The molecule has 0 amide bonds. The summed E-state index contributed by atoms with van der Waals surface area (Å²) in [6.45, 7) is 0. The predicted octanol–water partition coefficient (Wildman–Crippen LogP) is 1.43. The van der Waals surface area contributed by atoms with Crippen LogP contribution < -0.4 is 0 Å². The van der Waals surface area contributed by atoms with Crippen molar-refractivity contribution in [3.63, 3.8) is 0 Å². The number of hydrogen-bond acceptors (Lipinski definition) is 4. The lowest BCUT2D eigenvalue weighted by Gasteiger charge is -2.23. The zero-order chi connectivity index (χ0) is 9.68. The van der Waals surface area contributed by atoms with Gasteiger partial charge in [-0.15, -0.1) is 5.16 Å². The number of carbonyl (C=O) groups excluding carboxylic acids is 1. The van der Waals surface area contributed by atoms with Gasteiger partial charge in [0.25, 0.3) is 0 Å². The Balaban J connectivity index is 2.34. The highest BCUT2D eigenvalue weighted by Crippen LogP contribution is 2.28. The van der Waals surface area contributed by atoms with Crippen molar-refractivity contribution in [3.05, 3.63) is 0 Å². The van der Waals surface area contributed by atoms with E-state index in [0.29, 0.717) is 5.92 Å². The molecule has 1 rings (SSSR count). The maximum atomic E-state index is 11.1. The number of carbonyl (C=O) groups is 1. The lowest BCUT2D eigenvalue weighted by atomic mass is 9.83. The van der Waals surface area contributed by atoms with E-state index in [2.05, 4.69) is 9.89 Å². The molecule has 0 radical (unpaired) electrons. The summed E-state index contributed by atoms with van der Waals surface area (Å²) in [4.78, 5) is 11.1. The van der Waals surface area contributed by atoms with Crippen LogP contribution in [0.4, 0.5) is 0 Å². The van der Waals surface area contributed by atoms with Crippen molar-refractivity contribution in [2.24, 2.45) is 17.0 Å². The van der Waals surface area contributed by atoms with Crippen LogP contribution in [0.2, 0.25) is 0 Å². The zero-order valence-electron chi connectivity index (χ0n) is 7.77. The van der Waals surface area contributed by atoms with E-state index in [0.717, 1.165) is 25.7 Å². The van der Waals surface area contributed by atoms with Crippen molar-refractivity contribution in [1.29, 1.82) is 0 Å².